The highest BCUT2D eigenvalue weighted by atomic mass is 19.1. The van der Waals surface area contributed by atoms with Gasteiger partial charge in [0, 0.05) is 43.2 Å². The van der Waals surface area contributed by atoms with Crippen LogP contribution in [0.25, 0.3) is 10.9 Å². The molecular formula is C23H22FN3O4. The fourth-order valence-electron chi connectivity index (χ4n) is 4.16. The number of aromatic amines is 1. The molecule has 0 spiro atoms. The number of H-pyrrole nitrogens is 1. The third kappa shape index (κ3) is 3.93. The molecule has 0 unspecified atom stereocenters. The zero-order chi connectivity index (χ0) is 21.4. The van der Waals surface area contributed by atoms with Gasteiger partial charge in [-0.05, 0) is 47.9 Å². The van der Waals surface area contributed by atoms with Crippen LogP contribution in [0.3, 0.4) is 0 Å². The van der Waals surface area contributed by atoms with E-state index < -0.39 is 0 Å². The summed E-state index contributed by atoms with van der Waals surface area (Å²) in [6, 6.07) is 10.2. The molecule has 1 atom stereocenters. The van der Waals surface area contributed by atoms with E-state index in [1.807, 2.05) is 24.4 Å². The fraction of sp³-hybridized carbons (Fsp3) is 0.304. The van der Waals surface area contributed by atoms with E-state index >= 15 is 0 Å². The lowest BCUT2D eigenvalue weighted by molar-refractivity contribution is -0.129. The van der Waals surface area contributed by atoms with Crippen molar-refractivity contribution in [3.63, 3.8) is 0 Å². The van der Waals surface area contributed by atoms with Gasteiger partial charge in [-0.3, -0.25) is 9.59 Å². The topological polar surface area (TPSA) is 83.7 Å². The molecule has 0 radical (unpaired) electrons. The Balaban J connectivity index is 1.16. The molecule has 7 nitrogen and oxygen atoms in total. The van der Waals surface area contributed by atoms with E-state index in [1.165, 1.54) is 12.1 Å². The Kier molecular flexibility index (Phi) is 4.97. The summed E-state index contributed by atoms with van der Waals surface area (Å²) in [5.41, 5.74) is 2.73. The van der Waals surface area contributed by atoms with Gasteiger partial charge in [0.15, 0.2) is 11.5 Å². The Morgan fingerprint density at radius 3 is 2.97 bits per heavy atom. The van der Waals surface area contributed by atoms with Crippen molar-refractivity contribution in [2.24, 2.45) is 5.92 Å². The minimum absolute atomic E-state index is 0.0331. The van der Waals surface area contributed by atoms with E-state index in [0.717, 1.165) is 22.0 Å². The van der Waals surface area contributed by atoms with Crippen molar-refractivity contribution in [1.29, 1.82) is 0 Å². The minimum atomic E-state index is -0.373. The van der Waals surface area contributed by atoms with Crippen molar-refractivity contribution in [1.82, 2.24) is 15.2 Å². The first-order valence-electron chi connectivity index (χ1n) is 10.3. The molecule has 2 amide bonds. The van der Waals surface area contributed by atoms with Crippen molar-refractivity contribution in [2.75, 3.05) is 19.9 Å². The summed E-state index contributed by atoms with van der Waals surface area (Å²) in [7, 11) is 0. The molecular weight excluding hydrogens is 401 g/mol. The zero-order valence-corrected chi connectivity index (χ0v) is 16.8. The number of fused-ring (bicyclic) bond motifs is 2. The fourth-order valence-corrected chi connectivity index (χ4v) is 4.16. The molecule has 1 fully saturated rings. The third-order valence-electron chi connectivity index (χ3n) is 5.87. The number of nitrogens with one attached hydrogen (secondary N) is 2. The molecule has 5 rings (SSSR count). The lowest BCUT2D eigenvalue weighted by atomic mass is 10.1. The van der Waals surface area contributed by atoms with E-state index in [9.17, 15) is 14.0 Å². The predicted molar refractivity (Wildman–Crippen MR) is 111 cm³/mol. The minimum Gasteiger partial charge on any atom is -0.454 e. The lowest BCUT2D eigenvalue weighted by Crippen LogP contribution is -2.33. The second-order valence-electron chi connectivity index (χ2n) is 7.90. The SMILES string of the molecule is O=C(NCc1ccc2c(c1)OCO2)[C@@H]1CC(=O)N(CCc2c[nH]c3ccc(F)cc23)C1. The maximum Gasteiger partial charge on any atom is 0.231 e. The van der Waals surface area contributed by atoms with E-state index in [0.29, 0.717) is 37.6 Å². The third-order valence-corrected chi connectivity index (χ3v) is 5.87. The number of rotatable bonds is 6. The van der Waals surface area contributed by atoms with Gasteiger partial charge >= 0.3 is 0 Å². The number of nitrogens with zero attached hydrogens (tertiary/aromatic N) is 1. The van der Waals surface area contributed by atoms with Crippen LogP contribution in [0.15, 0.2) is 42.6 Å². The maximum atomic E-state index is 13.6. The van der Waals surface area contributed by atoms with Crippen molar-refractivity contribution in [3.05, 3.63) is 59.5 Å². The van der Waals surface area contributed by atoms with E-state index in [1.54, 1.807) is 11.0 Å². The summed E-state index contributed by atoms with van der Waals surface area (Å²) in [5.74, 6) is 0.542. The second-order valence-corrected chi connectivity index (χ2v) is 7.90. The van der Waals surface area contributed by atoms with Gasteiger partial charge in [0.2, 0.25) is 18.6 Å². The standard InChI is InChI=1S/C23H22FN3O4/c24-17-2-3-19-18(9-17)15(11-25-19)5-6-27-12-16(8-22(27)28)23(29)26-10-14-1-4-20-21(7-14)31-13-30-20/h1-4,7,9,11,16,25H,5-6,8,10,12-13H2,(H,26,29)/t16-/m1/s1. The van der Waals surface area contributed by atoms with Crippen LogP contribution in [-0.4, -0.2) is 41.6 Å². The molecule has 31 heavy (non-hydrogen) atoms. The van der Waals surface area contributed by atoms with Crippen LogP contribution in [0.1, 0.15) is 17.5 Å². The van der Waals surface area contributed by atoms with Crippen LogP contribution < -0.4 is 14.8 Å². The zero-order valence-electron chi connectivity index (χ0n) is 16.8. The van der Waals surface area contributed by atoms with E-state index in [2.05, 4.69) is 10.3 Å². The Morgan fingerprint density at radius 2 is 2.06 bits per heavy atom. The van der Waals surface area contributed by atoms with E-state index in [-0.39, 0.29) is 36.8 Å². The Morgan fingerprint density at radius 1 is 1.19 bits per heavy atom. The summed E-state index contributed by atoms with van der Waals surface area (Å²) in [4.78, 5) is 29.8. The molecule has 0 saturated carbocycles. The van der Waals surface area contributed by atoms with Crippen LogP contribution in [0.5, 0.6) is 11.5 Å². The summed E-state index contributed by atoms with van der Waals surface area (Å²) >= 11 is 0. The average Bonchev–Trinajstić information content (AvgIpc) is 3.48. The van der Waals surface area contributed by atoms with E-state index in [4.69, 9.17) is 9.47 Å². The molecule has 3 heterocycles. The number of ether oxygens (including phenoxy) is 2. The first-order chi connectivity index (χ1) is 15.1. The summed E-state index contributed by atoms with van der Waals surface area (Å²) in [6.45, 7) is 1.45. The second kappa shape index (κ2) is 7.94. The van der Waals surface area contributed by atoms with Gasteiger partial charge in [-0.2, -0.15) is 0 Å². The van der Waals surface area contributed by atoms with Crippen molar-refractivity contribution in [3.8, 4) is 11.5 Å². The number of likely N-dealkylation sites (tertiary alicyclic amines) is 1. The Bertz CT molecular complexity index is 1160. The number of hydrogen-bond donors (Lipinski definition) is 2. The monoisotopic (exact) mass is 423 g/mol. The van der Waals surface area contributed by atoms with Crippen LogP contribution in [-0.2, 0) is 22.6 Å². The molecule has 0 aliphatic carbocycles. The summed E-state index contributed by atoms with van der Waals surface area (Å²) < 4.78 is 24.2. The first-order valence-corrected chi connectivity index (χ1v) is 10.3. The highest BCUT2D eigenvalue weighted by Gasteiger charge is 2.34. The number of aromatic nitrogens is 1. The van der Waals surface area contributed by atoms with Crippen LogP contribution in [0.4, 0.5) is 4.39 Å². The molecule has 1 aromatic heterocycles. The number of halogens is 1. The summed E-state index contributed by atoms with van der Waals surface area (Å²) in [5, 5.41) is 3.74. The summed E-state index contributed by atoms with van der Waals surface area (Å²) in [6.07, 6.45) is 2.65. The van der Waals surface area contributed by atoms with Gasteiger partial charge in [-0.25, -0.2) is 4.39 Å². The number of carbonyl (C=O) groups is 2. The molecule has 2 N–H and O–H groups in total. The number of carbonyl (C=O) groups excluding carboxylic acids is 2. The smallest absolute Gasteiger partial charge is 0.231 e. The maximum absolute atomic E-state index is 13.6. The molecule has 1 saturated heterocycles. The predicted octanol–water partition coefficient (Wildman–Crippen LogP) is 2.74. The molecule has 2 aromatic carbocycles. The molecule has 0 bridgehead atoms. The highest BCUT2D eigenvalue weighted by molar-refractivity contribution is 5.89. The molecule has 2 aliphatic heterocycles. The Labute approximate surface area is 178 Å². The van der Waals surface area contributed by atoms with Crippen LogP contribution in [0, 0.1) is 11.7 Å². The Hall–Kier alpha value is -3.55. The van der Waals surface area contributed by atoms with Gasteiger partial charge in [0.05, 0.1) is 5.92 Å². The van der Waals surface area contributed by atoms with Crippen molar-refractivity contribution >= 4 is 22.7 Å². The highest BCUT2D eigenvalue weighted by Crippen LogP contribution is 2.32. The van der Waals surface area contributed by atoms with Crippen LogP contribution in [0.2, 0.25) is 0 Å². The van der Waals surface area contributed by atoms with Gasteiger partial charge in [-0.15, -0.1) is 0 Å². The molecule has 160 valence electrons. The molecule has 3 aromatic rings. The number of hydrogen-bond acceptors (Lipinski definition) is 4. The van der Waals surface area contributed by atoms with Crippen LogP contribution >= 0.6 is 0 Å². The molecule has 8 heteroatoms. The molecule has 2 aliphatic rings. The lowest BCUT2D eigenvalue weighted by Gasteiger charge is -2.16. The normalized spacial score (nSPS) is 17.5. The van der Waals surface area contributed by atoms with Crippen molar-refractivity contribution in [2.45, 2.75) is 19.4 Å². The number of amides is 2. The average molecular weight is 423 g/mol. The van der Waals surface area contributed by atoms with Gasteiger partial charge < -0.3 is 24.7 Å². The quantitative estimate of drug-likeness (QED) is 0.639. The first kappa shape index (κ1) is 19.4. The van der Waals surface area contributed by atoms with Crippen molar-refractivity contribution < 1.29 is 23.5 Å². The van der Waals surface area contributed by atoms with Gasteiger partial charge in [0.25, 0.3) is 0 Å². The van der Waals surface area contributed by atoms with Gasteiger partial charge in [-0.1, -0.05) is 6.07 Å². The largest absolute Gasteiger partial charge is 0.454 e. The number of benzene rings is 2. The van der Waals surface area contributed by atoms with Gasteiger partial charge in [0.1, 0.15) is 5.82 Å².